The average Bonchev–Trinajstić information content (AvgIpc) is 2.49. The summed E-state index contributed by atoms with van der Waals surface area (Å²) in [5, 5.41) is 10.7. The van der Waals surface area contributed by atoms with Gasteiger partial charge in [0, 0.05) is 15.7 Å². The topological polar surface area (TPSA) is 40.5 Å². The SMILES string of the molecule is O=C(c1ccc(I)c(Cl)c1)N1CCCc2cccc(O)c21. The molecular weight excluding hydrogens is 401 g/mol. The molecule has 108 valence electrons. The number of phenols is 1. The van der Waals surface area contributed by atoms with Crippen LogP contribution in [0.2, 0.25) is 5.02 Å². The van der Waals surface area contributed by atoms with E-state index < -0.39 is 0 Å². The Hall–Kier alpha value is -1.27. The molecule has 0 aliphatic carbocycles. The molecule has 3 rings (SSSR count). The molecule has 1 aliphatic rings. The maximum atomic E-state index is 12.7. The van der Waals surface area contributed by atoms with Gasteiger partial charge in [0.1, 0.15) is 5.75 Å². The summed E-state index contributed by atoms with van der Waals surface area (Å²) in [4.78, 5) is 14.4. The number of hydrogen-bond acceptors (Lipinski definition) is 2. The van der Waals surface area contributed by atoms with Gasteiger partial charge in [0.05, 0.1) is 10.7 Å². The predicted molar refractivity (Wildman–Crippen MR) is 92.3 cm³/mol. The molecule has 2 aromatic rings. The van der Waals surface area contributed by atoms with Crippen molar-refractivity contribution in [3.63, 3.8) is 0 Å². The number of hydrogen-bond donors (Lipinski definition) is 1. The Morgan fingerprint density at radius 2 is 2.10 bits per heavy atom. The third kappa shape index (κ3) is 2.74. The van der Waals surface area contributed by atoms with E-state index in [9.17, 15) is 9.90 Å². The first-order chi connectivity index (χ1) is 10.1. The third-order valence-corrected chi connectivity index (χ3v) is 5.18. The van der Waals surface area contributed by atoms with Crippen LogP contribution in [-0.2, 0) is 6.42 Å². The van der Waals surface area contributed by atoms with Gasteiger partial charge in [-0.2, -0.15) is 0 Å². The van der Waals surface area contributed by atoms with Crippen molar-refractivity contribution in [2.75, 3.05) is 11.4 Å². The summed E-state index contributed by atoms with van der Waals surface area (Å²) in [6, 6.07) is 10.7. The van der Waals surface area contributed by atoms with E-state index in [0.717, 1.165) is 22.0 Å². The van der Waals surface area contributed by atoms with Gasteiger partial charge >= 0.3 is 0 Å². The molecule has 0 saturated heterocycles. The summed E-state index contributed by atoms with van der Waals surface area (Å²) < 4.78 is 0.910. The number of halogens is 2. The number of nitrogens with zero attached hydrogens (tertiary/aromatic N) is 1. The number of amides is 1. The molecule has 0 aromatic heterocycles. The van der Waals surface area contributed by atoms with Crippen LogP contribution in [0, 0.1) is 3.57 Å². The van der Waals surface area contributed by atoms with Crippen molar-refractivity contribution < 1.29 is 9.90 Å². The normalized spacial score (nSPS) is 13.9. The molecule has 0 bridgehead atoms. The zero-order valence-corrected chi connectivity index (χ0v) is 14.1. The van der Waals surface area contributed by atoms with E-state index in [0.29, 0.717) is 22.8 Å². The maximum Gasteiger partial charge on any atom is 0.258 e. The molecule has 1 amide bonds. The summed E-state index contributed by atoms with van der Waals surface area (Å²) in [7, 11) is 0. The highest BCUT2D eigenvalue weighted by atomic mass is 127. The lowest BCUT2D eigenvalue weighted by Gasteiger charge is -2.30. The number of fused-ring (bicyclic) bond motifs is 1. The number of aryl methyl sites for hydroxylation is 1. The summed E-state index contributed by atoms with van der Waals surface area (Å²) in [6.07, 6.45) is 1.77. The molecule has 0 fully saturated rings. The van der Waals surface area contributed by atoms with E-state index in [1.165, 1.54) is 0 Å². The van der Waals surface area contributed by atoms with Crippen molar-refractivity contribution in [1.82, 2.24) is 0 Å². The number of carbonyl (C=O) groups is 1. The van der Waals surface area contributed by atoms with Crippen LogP contribution in [0.25, 0.3) is 0 Å². The molecule has 5 heteroatoms. The van der Waals surface area contributed by atoms with Crippen LogP contribution >= 0.6 is 34.2 Å². The zero-order chi connectivity index (χ0) is 15.0. The van der Waals surface area contributed by atoms with Crippen LogP contribution in [0.5, 0.6) is 5.75 Å². The minimum Gasteiger partial charge on any atom is -0.506 e. The molecule has 1 N–H and O–H groups in total. The lowest BCUT2D eigenvalue weighted by atomic mass is 10.00. The molecule has 1 heterocycles. The number of carbonyl (C=O) groups excluding carboxylic acids is 1. The molecule has 3 nitrogen and oxygen atoms in total. The fraction of sp³-hybridized carbons (Fsp3) is 0.188. The highest BCUT2D eigenvalue weighted by molar-refractivity contribution is 14.1. The Labute approximate surface area is 141 Å². The highest BCUT2D eigenvalue weighted by Crippen LogP contribution is 2.36. The number of anilines is 1. The van der Waals surface area contributed by atoms with Gasteiger partial charge in [-0.3, -0.25) is 4.79 Å². The fourth-order valence-electron chi connectivity index (χ4n) is 2.62. The quantitative estimate of drug-likeness (QED) is 0.710. The third-order valence-electron chi connectivity index (χ3n) is 3.61. The van der Waals surface area contributed by atoms with E-state index in [4.69, 9.17) is 11.6 Å². The van der Waals surface area contributed by atoms with E-state index in [2.05, 4.69) is 22.6 Å². The zero-order valence-electron chi connectivity index (χ0n) is 11.1. The largest absolute Gasteiger partial charge is 0.506 e. The second kappa shape index (κ2) is 5.85. The summed E-state index contributed by atoms with van der Waals surface area (Å²) in [5.41, 5.74) is 2.17. The average molecular weight is 414 g/mol. The maximum absolute atomic E-state index is 12.7. The van der Waals surface area contributed by atoms with Crippen molar-refractivity contribution in [2.45, 2.75) is 12.8 Å². The van der Waals surface area contributed by atoms with Gasteiger partial charge in [-0.05, 0) is 65.3 Å². The lowest BCUT2D eigenvalue weighted by molar-refractivity contribution is 0.0984. The Kier molecular flexibility index (Phi) is 4.08. The Bertz CT molecular complexity index is 717. The molecule has 1 aliphatic heterocycles. The molecule has 2 aromatic carbocycles. The van der Waals surface area contributed by atoms with Crippen molar-refractivity contribution in [3.05, 3.63) is 56.1 Å². The summed E-state index contributed by atoms with van der Waals surface area (Å²) in [5.74, 6) is 0.0212. The number of rotatable bonds is 1. The fourth-order valence-corrected chi connectivity index (χ4v) is 3.13. The molecule has 0 unspecified atom stereocenters. The van der Waals surface area contributed by atoms with Gasteiger partial charge in [-0.1, -0.05) is 23.7 Å². The lowest BCUT2D eigenvalue weighted by Crippen LogP contribution is -2.35. The Morgan fingerprint density at radius 3 is 2.86 bits per heavy atom. The number of para-hydroxylation sites is 1. The van der Waals surface area contributed by atoms with E-state index in [-0.39, 0.29) is 11.7 Å². The monoisotopic (exact) mass is 413 g/mol. The predicted octanol–water partition coefficient (Wildman–Crippen LogP) is 4.24. The van der Waals surface area contributed by atoms with Gasteiger partial charge in [0.2, 0.25) is 0 Å². The van der Waals surface area contributed by atoms with Crippen molar-refractivity contribution in [3.8, 4) is 5.75 Å². The van der Waals surface area contributed by atoms with Crippen molar-refractivity contribution in [2.24, 2.45) is 0 Å². The van der Waals surface area contributed by atoms with Crippen molar-refractivity contribution >= 4 is 45.8 Å². The molecule has 0 spiro atoms. The van der Waals surface area contributed by atoms with Crippen LogP contribution < -0.4 is 4.90 Å². The standard InChI is InChI=1S/C16H13ClINO2/c17-12-9-11(6-7-13(12)18)16(21)19-8-2-4-10-3-1-5-14(20)15(10)19/h1,3,5-7,9,20H,2,4,8H2. The second-order valence-corrected chi connectivity index (χ2v) is 6.54. The second-order valence-electron chi connectivity index (χ2n) is 4.97. The summed E-state index contributed by atoms with van der Waals surface area (Å²) >= 11 is 8.23. The number of aromatic hydroxyl groups is 1. The smallest absolute Gasteiger partial charge is 0.258 e. The van der Waals surface area contributed by atoms with Crippen LogP contribution in [0.15, 0.2) is 36.4 Å². The van der Waals surface area contributed by atoms with Crippen LogP contribution in [0.1, 0.15) is 22.3 Å². The number of phenolic OH excluding ortho intramolecular Hbond substituents is 1. The Balaban J connectivity index is 2.02. The van der Waals surface area contributed by atoms with E-state index >= 15 is 0 Å². The van der Waals surface area contributed by atoms with E-state index in [1.807, 2.05) is 18.2 Å². The minimum absolute atomic E-state index is 0.129. The first-order valence-electron chi connectivity index (χ1n) is 6.65. The summed E-state index contributed by atoms with van der Waals surface area (Å²) in [6.45, 7) is 0.604. The minimum atomic E-state index is -0.129. The van der Waals surface area contributed by atoms with Gasteiger partial charge in [0.15, 0.2) is 0 Å². The van der Waals surface area contributed by atoms with Crippen molar-refractivity contribution in [1.29, 1.82) is 0 Å². The van der Waals surface area contributed by atoms with Crippen LogP contribution in [0.4, 0.5) is 5.69 Å². The highest BCUT2D eigenvalue weighted by Gasteiger charge is 2.26. The van der Waals surface area contributed by atoms with Gasteiger partial charge < -0.3 is 10.0 Å². The molecule has 0 atom stereocenters. The first kappa shape index (κ1) is 14.7. The van der Waals surface area contributed by atoms with E-state index in [1.54, 1.807) is 23.1 Å². The number of benzene rings is 2. The van der Waals surface area contributed by atoms with Gasteiger partial charge in [-0.25, -0.2) is 0 Å². The Morgan fingerprint density at radius 1 is 1.29 bits per heavy atom. The molecule has 0 radical (unpaired) electrons. The van der Waals surface area contributed by atoms with Crippen LogP contribution in [-0.4, -0.2) is 17.6 Å². The molecular formula is C16H13ClINO2. The van der Waals surface area contributed by atoms with Gasteiger partial charge in [-0.15, -0.1) is 0 Å². The van der Waals surface area contributed by atoms with Gasteiger partial charge in [0.25, 0.3) is 5.91 Å². The molecule has 21 heavy (non-hydrogen) atoms. The van der Waals surface area contributed by atoms with Crippen LogP contribution in [0.3, 0.4) is 0 Å². The molecule has 0 saturated carbocycles. The first-order valence-corrected chi connectivity index (χ1v) is 8.11.